The van der Waals surface area contributed by atoms with E-state index in [1.54, 1.807) is 0 Å². The van der Waals surface area contributed by atoms with Gasteiger partial charge in [-0.2, -0.15) is 0 Å². The van der Waals surface area contributed by atoms with Crippen molar-refractivity contribution in [2.75, 3.05) is 0 Å². The number of fused-ring (bicyclic) bond motifs is 3. The molecule has 3 rings (SSSR count). The highest BCUT2D eigenvalue weighted by Gasteiger charge is 2.07. The van der Waals surface area contributed by atoms with Crippen LogP contribution in [0.5, 0.6) is 0 Å². The molecule has 0 aliphatic carbocycles. The maximum atomic E-state index is 5.65. The highest BCUT2D eigenvalue weighted by Crippen LogP contribution is 2.28. The van der Waals surface area contributed by atoms with E-state index in [0.717, 1.165) is 27.6 Å². The van der Waals surface area contributed by atoms with Crippen LogP contribution in [-0.2, 0) is 0 Å². The molecule has 0 unspecified atom stereocenters. The fourth-order valence-corrected chi connectivity index (χ4v) is 1.88. The van der Waals surface area contributed by atoms with Crippen LogP contribution in [0.1, 0.15) is 11.1 Å². The number of pyridine rings is 1. The molecule has 0 aliphatic rings. The van der Waals surface area contributed by atoms with Gasteiger partial charge in [0.15, 0.2) is 0 Å². The monoisotopic (exact) mass is 197 g/mol. The summed E-state index contributed by atoms with van der Waals surface area (Å²) in [6.07, 6.45) is 1.83. The first-order valence-corrected chi connectivity index (χ1v) is 4.99. The minimum atomic E-state index is 0.723. The smallest absolute Gasteiger partial charge is 0.227 e. The molecule has 2 nitrogen and oxygen atoms in total. The number of aryl methyl sites for hydroxylation is 2. The summed E-state index contributed by atoms with van der Waals surface area (Å²) >= 11 is 0. The van der Waals surface area contributed by atoms with Crippen LogP contribution in [-0.4, -0.2) is 4.98 Å². The van der Waals surface area contributed by atoms with Gasteiger partial charge in [0.2, 0.25) is 5.71 Å². The molecule has 0 N–H and O–H groups in total. The molecule has 0 spiro atoms. The Kier molecular flexibility index (Phi) is 1.60. The van der Waals surface area contributed by atoms with Gasteiger partial charge < -0.3 is 4.42 Å². The van der Waals surface area contributed by atoms with Crippen molar-refractivity contribution in [1.29, 1.82) is 0 Å². The number of hydrogen-bond donors (Lipinski definition) is 0. The zero-order valence-electron chi connectivity index (χ0n) is 8.74. The van der Waals surface area contributed by atoms with E-state index in [1.807, 2.05) is 19.2 Å². The van der Waals surface area contributed by atoms with Crippen LogP contribution in [0.4, 0.5) is 0 Å². The predicted molar refractivity (Wildman–Crippen MR) is 61.0 cm³/mol. The van der Waals surface area contributed by atoms with Gasteiger partial charge in [-0.25, -0.2) is 4.98 Å². The van der Waals surface area contributed by atoms with Gasteiger partial charge in [-0.15, -0.1) is 0 Å². The lowest BCUT2D eigenvalue weighted by Crippen LogP contribution is -1.76. The summed E-state index contributed by atoms with van der Waals surface area (Å²) in [5, 5.41) is 2.26. The maximum Gasteiger partial charge on any atom is 0.227 e. The zero-order chi connectivity index (χ0) is 10.4. The van der Waals surface area contributed by atoms with E-state index in [-0.39, 0.29) is 0 Å². The van der Waals surface area contributed by atoms with Crippen LogP contribution in [0.25, 0.3) is 22.1 Å². The van der Waals surface area contributed by atoms with Crippen molar-refractivity contribution in [2.45, 2.75) is 13.8 Å². The minimum Gasteiger partial charge on any atom is -0.438 e. The Bertz CT molecular complexity index is 596. The van der Waals surface area contributed by atoms with Crippen LogP contribution in [0.3, 0.4) is 0 Å². The molecule has 0 atom stereocenters. The van der Waals surface area contributed by atoms with Crippen molar-refractivity contribution in [3.8, 4) is 0 Å². The Morgan fingerprint density at radius 2 is 1.80 bits per heavy atom. The Morgan fingerprint density at radius 3 is 2.67 bits per heavy atom. The number of nitrogens with zero attached hydrogens (tertiary/aromatic N) is 1. The van der Waals surface area contributed by atoms with Crippen LogP contribution in [0, 0.1) is 13.8 Å². The van der Waals surface area contributed by atoms with E-state index in [4.69, 9.17) is 4.42 Å². The lowest BCUT2D eigenvalue weighted by molar-refractivity contribution is 0.654. The molecule has 0 amide bonds. The van der Waals surface area contributed by atoms with Crippen LogP contribution < -0.4 is 0 Å². The van der Waals surface area contributed by atoms with Gasteiger partial charge in [0.25, 0.3) is 0 Å². The molecule has 3 aromatic rings. The van der Waals surface area contributed by atoms with Crippen molar-refractivity contribution in [1.82, 2.24) is 4.98 Å². The minimum absolute atomic E-state index is 0.723. The Morgan fingerprint density at radius 1 is 1.00 bits per heavy atom. The first-order valence-electron chi connectivity index (χ1n) is 4.99. The second-order valence-electron chi connectivity index (χ2n) is 3.97. The molecular formula is C13H11NO. The van der Waals surface area contributed by atoms with Crippen molar-refractivity contribution in [3.63, 3.8) is 0 Å². The number of furan rings is 1. The molecule has 15 heavy (non-hydrogen) atoms. The first-order chi connectivity index (χ1) is 7.24. The van der Waals surface area contributed by atoms with E-state index < -0.39 is 0 Å². The summed E-state index contributed by atoms with van der Waals surface area (Å²) in [6.45, 7) is 4.13. The Hall–Kier alpha value is -1.83. The SMILES string of the molecule is Cc1ccc2oc3ncc(C)cc3c2c1. The van der Waals surface area contributed by atoms with E-state index in [9.17, 15) is 0 Å². The fraction of sp³-hybridized carbons (Fsp3) is 0.154. The summed E-state index contributed by atoms with van der Waals surface area (Å²) in [5.41, 5.74) is 4.04. The van der Waals surface area contributed by atoms with Crippen molar-refractivity contribution < 1.29 is 4.42 Å². The fourth-order valence-electron chi connectivity index (χ4n) is 1.88. The molecule has 1 aromatic carbocycles. The summed E-state index contributed by atoms with van der Waals surface area (Å²) in [7, 11) is 0. The second-order valence-corrected chi connectivity index (χ2v) is 3.97. The average molecular weight is 197 g/mol. The first kappa shape index (κ1) is 8.48. The molecule has 2 heteroatoms. The molecule has 0 bridgehead atoms. The lowest BCUT2D eigenvalue weighted by Gasteiger charge is -1.92. The predicted octanol–water partition coefficient (Wildman–Crippen LogP) is 3.60. The number of benzene rings is 1. The van der Waals surface area contributed by atoms with Gasteiger partial charge in [-0.05, 0) is 37.6 Å². The quantitative estimate of drug-likeness (QED) is 0.550. The molecule has 0 aliphatic heterocycles. The summed E-state index contributed by atoms with van der Waals surface area (Å²) in [5.74, 6) is 0. The maximum absolute atomic E-state index is 5.65. The van der Waals surface area contributed by atoms with Gasteiger partial charge in [0, 0.05) is 17.0 Å². The third kappa shape index (κ3) is 1.22. The average Bonchev–Trinajstić information content (AvgIpc) is 2.56. The molecule has 2 aromatic heterocycles. The molecule has 0 fully saturated rings. The third-order valence-corrected chi connectivity index (χ3v) is 2.62. The molecule has 0 saturated carbocycles. The number of hydrogen-bond acceptors (Lipinski definition) is 2. The Labute approximate surface area is 87.5 Å². The standard InChI is InChI=1S/C13H11NO/c1-8-3-4-12-10(5-8)11-6-9(2)7-14-13(11)15-12/h3-7H,1-2H3. The van der Waals surface area contributed by atoms with E-state index in [0.29, 0.717) is 0 Å². The molecule has 0 radical (unpaired) electrons. The zero-order valence-corrected chi connectivity index (χ0v) is 8.74. The van der Waals surface area contributed by atoms with Crippen LogP contribution >= 0.6 is 0 Å². The highest BCUT2D eigenvalue weighted by molar-refractivity contribution is 6.03. The van der Waals surface area contributed by atoms with Crippen molar-refractivity contribution in [2.24, 2.45) is 0 Å². The summed E-state index contributed by atoms with van der Waals surface area (Å²) in [4.78, 5) is 4.28. The topological polar surface area (TPSA) is 26.0 Å². The third-order valence-electron chi connectivity index (χ3n) is 2.62. The molecule has 74 valence electrons. The van der Waals surface area contributed by atoms with Gasteiger partial charge in [-0.1, -0.05) is 11.6 Å². The lowest BCUT2D eigenvalue weighted by atomic mass is 10.1. The normalized spacial score (nSPS) is 11.3. The number of rotatable bonds is 0. The molecule has 0 saturated heterocycles. The van der Waals surface area contributed by atoms with Gasteiger partial charge in [-0.3, -0.25) is 0 Å². The molecule has 2 heterocycles. The van der Waals surface area contributed by atoms with Crippen LogP contribution in [0.2, 0.25) is 0 Å². The van der Waals surface area contributed by atoms with Crippen LogP contribution in [0.15, 0.2) is 34.9 Å². The highest BCUT2D eigenvalue weighted by atomic mass is 16.3. The Balaban J connectivity index is 2.55. The molecular weight excluding hydrogens is 186 g/mol. The second kappa shape index (κ2) is 2.83. The van der Waals surface area contributed by atoms with E-state index in [1.165, 1.54) is 5.56 Å². The number of aromatic nitrogens is 1. The van der Waals surface area contributed by atoms with Gasteiger partial charge in [0.1, 0.15) is 5.58 Å². The van der Waals surface area contributed by atoms with Crippen molar-refractivity contribution >= 4 is 22.1 Å². The van der Waals surface area contributed by atoms with E-state index in [2.05, 4.69) is 30.1 Å². The largest absolute Gasteiger partial charge is 0.438 e. The van der Waals surface area contributed by atoms with Crippen molar-refractivity contribution in [3.05, 3.63) is 41.6 Å². The summed E-state index contributed by atoms with van der Waals surface area (Å²) < 4.78 is 5.65. The van der Waals surface area contributed by atoms with Gasteiger partial charge in [0.05, 0.1) is 0 Å². The van der Waals surface area contributed by atoms with Gasteiger partial charge >= 0.3 is 0 Å². The summed E-state index contributed by atoms with van der Waals surface area (Å²) in [6, 6.07) is 8.31. The van der Waals surface area contributed by atoms with E-state index >= 15 is 0 Å².